The van der Waals surface area contributed by atoms with Crippen LogP contribution in [0.2, 0.25) is 0 Å². The summed E-state index contributed by atoms with van der Waals surface area (Å²) in [5.74, 6) is 0.799. The number of hydrogen-bond acceptors (Lipinski definition) is 7. The molecule has 170 valence electrons. The molecule has 1 saturated heterocycles. The number of phenols is 2. The van der Waals surface area contributed by atoms with E-state index in [2.05, 4.69) is 4.90 Å². The monoisotopic (exact) mass is 479 g/mol. The van der Waals surface area contributed by atoms with Gasteiger partial charge in [0.25, 0.3) is 0 Å². The highest BCUT2D eigenvalue weighted by Crippen LogP contribution is 2.44. The summed E-state index contributed by atoms with van der Waals surface area (Å²) in [4.78, 5) is 4.33. The first-order valence-corrected chi connectivity index (χ1v) is 12.6. The van der Waals surface area contributed by atoms with E-state index in [9.17, 15) is 10.2 Å². The van der Waals surface area contributed by atoms with Crippen LogP contribution in [0.25, 0.3) is 20.5 Å². The number of aromatic hydroxyl groups is 2. The summed E-state index contributed by atoms with van der Waals surface area (Å²) in [5, 5.41) is 21.9. The van der Waals surface area contributed by atoms with Crippen molar-refractivity contribution in [2.75, 3.05) is 26.2 Å². The Bertz CT molecular complexity index is 1200. The average Bonchev–Trinajstić information content (AvgIpc) is 3.49. The smallest absolute Gasteiger partial charge is 0.169 e. The van der Waals surface area contributed by atoms with Crippen molar-refractivity contribution in [2.45, 2.75) is 17.7 Å². The Morgan fingerprint density at radius 2 is 1.70 bits per heavy atom. The molecule has 2 N–H and O–H groups in total. The Morgan fingerprint density at radius 3 is 2.48 bits per heavy atom. The molecule has 0 saturated carbocycles. The van der Waals surface area contributed by atoms with Gasteiger partial charge in [-0.3, -0.25) is 0 Å². The van der Waals surface area contributed by atoms with Crippen molar-refractivity contribution < 1.29 is 19.1 Å². The van der Waals surface area contributed by atoms with Crippen molar-refractivity contribution in [3.63, 3.8) is 0 Å². The molecule has 0 amide bonds. The van der Waals surface area contributed by atoms with Crippen molar-refractivity contribution in [3.8, 4) is 33.4 Å². The van der Waals surface area contributed by atoms with E-state index in [-0.39, 0.29) is 11.5 Å². The lowest BCUT2D eigenvalue weighted by Crippen LogP contribution is -2.23. The molecule has 0 bridgehead atoms. The third-order valence-corrected chi connectivity index (χ3v) is 7.56. The lowest BCUT2D eigenvalue weighted by Gasteiger charge is -2.13. The minimum Gasteiger partial charge on any atom is -0.507 e. The maximum absolute atomic E-state index is 10.4. The number of hydrogen-bond donors (Lipinski definition) is 2. The average molecular weight is 480 g/mol. The van der Waals surface area contributed by atoms with Crippen LogP contribution in [0, 0.1) is 0 Å². The maximum atomic E-state index is 10.4. The number of benzene rings is 3. The second-order valence-electron chi connectivity index (χ2n) is 8.01. The first-order chi connectivity index (χ1) is 16.2. The molecule has 0 aliphatic carbocycles. The number of rotatable bonds is 8. The lowest BCUT2D eigenvalue weighted by atomic mass is 10.1. The number of nitrogens with zero attached hydrogens (tertiary/aromatic N) is 1. The van der Waals surface area contributed by atoms with E-state index in [1.165, 1.54) is 44.0 Å². The fourth-order valence-electron chi connectivity index (χ4n) is 3.92. The Kier molecular flexibility index (Phi) is 6.73. The SMILES string of the molecule is Oc1cc(O)c(-c2cc3ccccc3s2)cc1Oc1ccc(SOCCN2CCCC2)cc1. The van der Waals surface area contributed by atoms with Gasteiger partial charge in [0.05, 0.1) is 6.61 Å². The first-order valence-electron chi connectivity index (χ1n) is 11.0. The van der Waals surface area contributed by atoms with Crippen molar-refractivity contribution >= 4 is 33.5 Å². The van der Waals surface area contributed by atoms with Gasteiger partial charge in [0.15, 0.2) is 11.5 Å². The molecule has 0 unspecified atom stereocenters. The molecule has 0 spiro atoms. The molecule has 33 heavy (non-hydrogen) atoms. The van der Waals surface area contributed by atoms with Crippen molar-refractivity contribution in [3.05, 3.63) is 66.7 Å². The number of thiophene rings is 1. The van der Waals surface area contributed by atoms with Crippen LogP contribution in [0.5, 0.6) is 23.0 Å². The highest BCUT2D eigenvalue weighted by atomic mass is 32.2. The summed E-state index contributed by atoms with van der Waals surface area (Å²) in [5.41, 5.74) is 0.627. The van der Waals surface area contributed by atoms with Gasteiger partial charge in [-0.2, -0.15) is 0 Å². The molecule has 1 aromatic heterocycles. The standard InChI is InChI=1S/C26H25NO4S2/c28-22-17-23(29)24(16-21(22)26-15-18-5-1-2-6-25(18)32-26)31-19-7-9-20(10-8-19)33-30-14-13-27-11-3-4-12-27/h1-2,5-10,15-17,28-29H,3-4,11-14H2. The molecular weight excluding hydrogens is 454 g/mol. The third kappa shape index (κ3) is 5.28. The van der Waals surface area contributed by atoms with Crippen LogP contribution in [0.1, 0.15) is 12.8 Å². The van der Waals surface area contributed by atoms with Gasteiger partial charge >= 0.3 is 0 Å². The van der Waals surface area contributed by atoms with Crippen LogP contribution in [0.15, 0.2) is 71.6 Å². The normalized spacial score (nSPS) is 14.2. The van der Waals surface area contributed by atoms with Crippen LogP contribution in [0.4, 0.5) is 0 Å². The zero-order valence-electron chi connectivity index (χ0n) is 18.1. The highest BCUT2D eigenvalue weighted by molar-refractivity contribution is 7.94. The van der Waals surface area contributed by atoms with Gasteiger partial charge in [-0.25, -0.2) is 0 Å². The molecule has 5 nitrogen and oxygen atoms in total. The predicted molar refractivity (Wildman–Crippen MR) is 135 cm³/mol. The molecular formula is C26H25NO4S2. The maximum Gasteiger partial charge on any atom is 0.169 e. The summed E-state index contributed by atoms with van der Waals surface area (Å²) in [6, 6.07) is 20.7. The Morgan fingerprint density at radius 1 is 0.909 bits per heavy atom. The fourth-order valence-corrected chi connectivity index (χ4v) is 5.55. The molecule has 1 fully saturated rings. The molecule has 5 rings (SSSR count). The quantitative estimate of drug-likeness (QED) is 0.212. The topological polar surface area (TPSA) is 62.2 Å². The highest BCUT2D eigenvalue weighted by Gasteiger charge is 2.15. The van der Waals surface area contributed by atoms with Crippen LogP contribution in [-0.2, 0) is 4.18 Å². The lowest BCUT2D eigenvalue weighted by molar-refractivity contribution is 0.261. The van der Waals surface area contributed by atoms with Gasteiger partial charge in [-0.05, 0) is 73.8 Å². The molecule has 0 radical (unpaired) electrons. The minimum atomic E-state index is -0.110. The van der Waals surface area contributed by atoms with Crippen molar-refractivity contribution in [1.82, 2.24) is 4.90 Å². The molecule has 7 heteroatoms. The van der Waals surface area contributed by atoms with E-state index in [0.717, 1.165) is 26.4 Å². The van der Waals surface area contributed by atoms with Crippen LogP contribution in [0.3, 0.4) is 0 Å². The van der Waals surface area contributed by atoms with Crippen LogP contribution >= 0.6 is 23.4 Å². The number of phenolic OH excluding ortho intramolecular Hbond substituents is 2. The summed E-state index contributed by atoms with van der Waals surface area (Å²) < 4.78 is 12.8. The Balaban J connectivity index is 1.25. The number of ether oxygens (including phenoxy) is 1. The Hall–Kier alpha value is -2.71. The van der Waals surface area contributed by atoms with Gasteiger partial charge in [0.1, 0.15) is 11.5 Å². The Labute approximate surface area is 201 Å². The van der Waals surface area contributed by atoms with Crippen molar-refractivity contribution in [1.29, 1.82) is 0 Å². The molecule has 3 aromatic carbocycles. The zero-order valence-corrected chi connectivity index (χ0v) is 19.7. The van der Waals surface area contributed by atoms with Crippen LogP contribution in [-0.4, -0.2) is 41.4 Å². The van der Waals surface area contributed by atoms with E-state index in [4.69, 9.17) is 8.92 Å². The predicted octanol–water partition coefficient (Wildman–Crippen LogP) is 6.89. The van der Waals surface area contributed by atoms with Gasteiger partial charge < -0.3 is 24.0 Å². The summed E-state index contributed by atoms with van der Waals surface area (Å²) in [6.07, 6.45) is 2.58. The van der Waals surface area contributed by atoms with E-state index in [0.29, 0.717) is 23.7 Å². The molecule has 4 aromatic rings. The fraction of sp³-hybridized carbons (Fsp3) is 0.231. The third-order valence-electron chi connectivity index (χ3n) is 5.66. The van der Waals surface area contributed by atoms with Crippen LogP contribution < -0.4 is 4.74 Å². The zero-order chi connectivity index (χ0) is 22.6. The molecule has 2 heterocycles. The summed E-state index contributed by atoms with van der Waals surface area (Å²) in [6.45, 7) is 4.02. The second-order valence-corrected chi connectivity index (χ2v) is 9.97. The number of likely N-dealkylation sites (tertiary alicyclic amines) is 1. The molecule has 1 aliphatic heterocycles. The van der Waals surface area contributed by atoms with E-state index in [1.54, 1.807) is 17.4 Å². The van der Waals surface area contributed by atoms with Gasteiger partial charge in [0.2, 0.25) is 0 Å². The molecule has 1 aliphatic rings. The van der Waals surface area contributed by atoms with E-state index >= 15 is 0 Å². The first kappa shape index (κ1) is 22.1. The summed E-state index contributed by atoms with van der Waals surface area (Å²) in [7, 11) is 0. The van der Waals surface area contributed by atoms with Crippen molar-refractivity contribution in [2.24, 2.45) is 0 Å². The van der Waals surface area contributed by atoms with E-state index < -0.39 is 0 Å². The van der Waals surface area contributed by atoms with E-state index in [1.807, 2.05) is 54.6 Å². The second kappa shape index (κ2) is 10.1. The molecule has 0 atom stereocenters. The minimum absolute atomic E-state index is 0.0178. The summed E-state index contributed by atoms with van der Waals surface area (Å²) >= 11 is 2.95. The van der Waals surface area contributed by atoms with Gasteiger partial charge in [-0.1, -0.05) is 18.2 Å². The van der Waals surface area contributed by atoms with Gasteiger partial charge in [0, 0.05) is 44.7 Å². The number of fused-ring (bicyclic) bond motifs is 1. The largest absolute Gasteiger partial charge is 0.507 e. The van der Waals surface area contributed by atoms with Gasteiger partial charge in [-0.15, -0.1) is 11.3 Å².